The van der Waals surface area contributed by atoms with Crippen LogP contribution in [-0.4, -0.2) is 28.9 Å². The van der Waals surface area contributed by atoms with E-state index in [2.05, 4.69) is 13.8 Å². The minimum atomic E-state index is -0.0736. The molecule has 1 aromatic rings. The van der Waals surface area contributed by atoms with Crippen molar-refractivity contribution in [2.24, 2.45) is 11.7 Å². The Labute approximate surface area is 124 Å². The second-order valence-electron chi connectivity index (χ2n) is 4.84. The zero-order chi connectivity index (χ0) is 14.4. The standard InChI is InChI=1S/C14H19ClN2OS/c1-10(2)9-17(8-7-13(16)19)14(18)11-5-3-4-6-12(11)15/h3-6,10H,7-9H2,1-2H3,(H2,16,19). The number of amides is 1. The summed E-state index contributed by atoms with van der Waals surface area (Å²) in [7, 11) is 0. The van der Waals surface area contributed by atoms with Crippen LogP contribution in [0.2, 0.25) is 5.02 Å². The molecule has 0 bridgehead atoms. The SMILES string of the molecule is CC(C)CN(CCC(N)=S)C(=O)c1ccccc1Cl. The maximum absolute atomic E-state index is 12.5. The third-order valence-corrected chi connectivity index (χ3v) is 3.14. The van der Waals surface area contributed by atoms with Gasteiger partial charge in [0.1, 0.15) is 0 Å². The Morgan fingerprint density at radius 3 is 2.58 bits per heavy atom. The summed E-state index contributed by atoms with van der Waals surface area (Å²) in [4.78, 5) is 14.6. The number of rotatable bonds is 6. The van der Waals surface area contributed by atoms with Gasteiger partial charge in [0, 0.05) is 19.5 Å². The van der Waals surface area contributed by atoms with Gasteiger partial charge in [-0.3, -0.25) is 4.79 Å². The number of nitrogens with two attached hydrogens (primary N) is 1. The number of hydrogen-bond donors (Lipinski definition) is 1. The number of nitrogens with zero attached hydrogens (tertiary/aromatic N) is 1. The lowest BCUT2D eigenvalue weighted by Gasteiger charge is -2.25. The van der Waals surface area contributed by atoms with Gasteiger partial charge >= 0.3 is 0 Å². The molecule has 0 aliphatic rings. The van der Waals surface area contributed by atoms with Crippen molar-refractivity contribution < 1.29 is 4.79 Å². The van der Waals surface area contributed by atoms with Gasteiger partial charge in [-0.2, -0.15) is 0 Å². The number of carbonyl (C=O) groups excluding carboxylic acids is 1. The molecule has 0 aromatic heterocycles. The van der Waals surface area contributed by atoms with Crippen LogP contribution in [-0.2, 0) is 0 Å². The number of halogens is 1. The first kappa shape index (κ1) is 15.9. The first-order valence-corrected chi connectivity index (χ1v) is 7.02. The highest BCUT2D eigenvalue weighted by Crippen LogP contribution is 2.18. The third-order valence-electron chi connectivity index (χ3n) is 2.61. The zero-order valence-corrected chi connectivity index (χ0v) is 12.8. The van der Waals surface area contributed by atoms with Gasteiger partial charge in [0.2, 0.25) is 0 Å². The molecular formula is C14H19ClN2OS. The van der Waals surface area contributed by atoms with E-state index in [1.165, 1.54) is 0 Å². The van der Waals surface area contributed by atoms with E-state index in [4.69, 9.17) is 29.6 Å². The van der Waals surface area contributed by atoms with Crippen molar-refractivity contribution in [1.82, 2.24) is 4.90 Å². The van der Waals surface area contributed by atoms with E-state index in [0.29, 0.717) is 41.0 Å². The molecule has 0 saturated carbocycles. The molecule has 19 heavy (non-hydrogen) atoms. The Kier molecular flexibility index (Phi) is 6.25. The Bertz CT molecular complexity index is 463. The molecule has 0 unspecified atom stereocenters. The van der Waals surface area contributed by atoms with Crippen LogP contribution >= 0.6 is 23.8 Å². The number of benzene rings is 1. The van der Waals surface area contributed by atoms with Crippen LogP contribution in [0.1, 0.15) is 30.6 Å². The molecule has 0 radical (unpaired) electrons. The van der Waals surface area contributed by atoms with Gasteiger partial charge in [-0.15, -0.1) is 0 Å². The van der Waals surface area contributed by atoms with Crippen molar-refractivity contribution in [3.05, 3.63) is 34.9 Å². The fourth-order valence-corrected chi connectivity index (χ4v) is 2.07. The Morgan fingerprint density at radius 2 is 2.05 bits per heavy atom. The summed E-state index contributed by atoms with van der Waals surface area (Å²) in [6, 6.07) is 7.07. The molecule has 2 N–H and O–H groups in total. The second-order valence-corrected chi connectivity index (χ2v) is 5.77. The molecule has 3 nitrogen and oxygen atoms in total. The first-order chi connectivity index (χ1) is 8.91. The van der Waals surface area contributed by atoms with Crippen LogP contribution in [0.5, 0.6) is 0 Å². The van der Waals surface area contributed by atoms with Crippen molar-refractivity contribution in [2.45, 2.75) is 20.3 Å². The quantitative estimate of drug-likeness (QED) is 0.821. The average Bonchev–Trinajstić information content (AvgIpc) is 2.33. The fourth-order valence-electron chi connectivity index (χ4n) is 1.77. The smallest absolute Gasteiger partial charge is 0.255 e. The summed E-state index contributed by atoms with van der Waals surface area (Å²) in [6.45, 7) is 5.31. The molecule has 0 heterocycles. The molecule has 0 atom stereocenters. The zero-order valence-electron chi connectivity index (χ0n) is 11.2. The van der Waals surface area contributed by atoms with Crippen molar-refractivity contribution in [3.63, 3.8) is 0 Å². The van der Waals surface area contributed by atoms with Crippen molar-refractivity contribution in [3.8, 4) is 0 Å². The van der Waals surface area contributed by atoms with Crippen molar-refractivity contribution in [1.29, 1.82) is 0 Å². The highest BCUT2D eigenvalue weighted by molar-refractivity contribution is 7.80. The van der Waals surface area contributed by atoms with Gasteiger partial charge in [0.25, 0.3) is 5.91 Å². The number of carbonyl (C=O) groups is 1. The van der Waals surface area contributed by atoms with E-state index in [9.17, 15) is 4.79 Å². The normalized spacial score (nSPS) is 10.5. The van der Waals surface area contributed by atoms with Crippen LogP contribution in [0.4, 0.5) is 0 Å². The van der Waals surface area contributed by atoms with Crippen LogP contribution in [0.25, 0.3) is 0 Å². The van der Waals surface area contributed by atoms with Crippen LogP contribution < -0.4 is 5.73 Å². The summed E-state index contributed by atoms with van der Waals surface area (Å²) >= 11 is 10.9. The average molecular weight is 299 g/mol. The molecule has 1 amide bonds. The molecule has 5 heteroatoms. The van der Waals surface area contributed by atoms with E-state index < -0.39 is 0 Å². The topological polar surface area (TPSA) is 46.3 Å². The lowest BCUT2D eigenvalue weighted by atomic mass is 10.1. The van der Waals surface area contributed by atoms with Gasteiger partial charge in [0.05, 0.1) is 15.6 Å². The summed E-state index contributed by atoms with van der Waals surface area (Å²) in [5, 5.41) is 0.469. The molecule has 1 rings (SSSR count). The molecule has 0 fully saturated rings. The predicted molar refractivity (Wildman–Crippen MR) is 83.6 cm³/mol. The van der Waals surface area contributed by atoms with Crippen molar-refractivity contribution in [2.75, 3.05) is 13.1 Å². The lowest BCUT2D eigenvalue weighted by Crippen LogP contribution is -2.36. The van der Waals surface area contributed by atoms with E-state index in [0.717, 1.165) is 0 Å². The largest absolute Gasteiger partial charge is 0.393 e. The summed E-state index contributed by atoms with van der Waals surface area (Å²) in [5.74, 6) is 0.299. The maximum atomic E-state index is 12.5. The Balaban J connectivity index is 2.87. The first-order valence-electron chi connectivity index (χ1n) is 6.24. The molecule has 0 saturated heterocycles. The fraction of sp³-hybridized carbons (Fsp3) is 0.429. The molecular weight excluding hydrogens is 280 g/mol. The number of hydrogen-bond acceptors (Lipinski definition) is 2. The van der Waals surface area contributed by atoms with E-state index >= 15 is 0 Å². The van der Waals surface area contributed by atoms with Crippen LogP contribution in [0.15, 0.2) is 24.3 Å². The second kappa shape index (κ2) is 7.46. The molecule has 104 valence electrons. The van der Waals surface area contributed by atoms with E-state index in [1.807, 2.05) is 0 Å². The lowest BCUT2D eigenvalue weighted by molar-refractivity contribution is 0.0741. The summed E-state index contributed by atoms with van der Waals surface area (Å²) in [6.07, 6.45) is 0.526. The molecule has 1 aromatic carbocycles. The van der Waals surface area contributed by atoms with Gasteiger partial charge in [0.15, 0.2) is 0 Å². The van der Waals surface area contributed by atoms with E-state index in [-0.39, 0.29) is 5.91 Å². The van der Waals surface area contributed by atoms with Gasteiger partial charge in [-0.1, -0.05) is 49.8 Å². The minimum Gasteiger partial charge on any atom is -0.393 e. The van der Waals surface area contributed by atoms with E-state index in [1.54, 1.807) is 29.2 Å². The van der Waals surface area contributed by atoms with Gasteiger partial charge in [-0.25, -0.2) is 0 Å². The maximum Gasteiger partial charge on any atom is 0.255 e. The summed E-state index contributed by atoms with van der Waals surface area (Å²) < 4.78 is 0. The van der Waals surface area contributed by atoms with Crippen LogP contribution in [0.3, 0.4) is 0 Å². The van der Waals surface area contributed by atoms with Gasteiger partial charge < -0.3 is 10.6 Å². The summed E-state index contributed by atoms with van der Waals surface area (Å²) in [5.41, 5.74) is 6.03. The highest BCUT2D eigenvalue weighted by atomic mass is 35.5. The monoisotopic (exact) mass is 298 g/mol. The minimum absolute atomic E-state index is 0.0736. The molecule has 0 aliphatic carbocycles. The van der Waals surface area contributed by atoms with Gasteiger partial charge in [-0.05, 0) is 18.1 Å². The predicted octanol–water partition coefficient (Wildman–Crippen LogP) is 3.11. The van der Waals surface area contributed by atoms with Crippen molar-refractivity contribution >= 4 is 34.7 Å². The molecule has 0 spiro atoms. The molecule has 0 aliphatic heterocycles. The highest BCUT2D eigenvalue weighted by Gasteiger charge is 2.18. The van der Waals surface area contributed by atoms with Crippen LogP contribution in [0, 0.1) is 5.92 Å². The third kappa shape index (κ3) is 5.17. The Hall–Kier alpha value is -1.13. The number of thiocarbonyl (C=S) groups is 1. The Morgan fingerprint density at radius 1 is 1.42 bits per heavy atom.